The van der Waals surface area contributed by atoms with Crippen molar-refractivity contribution in [1.82, 2.24) is 4.90 Å². The molecule has 0 aliphatic rings. The van der Waals surface area contributed by atoms with E-state index in [9.17, 15) is 14.0 Å². The first kappa shape index (κ1) is 16.2. The van der Waals surface area contributed by atoms with E-state index in [4.69, 9.17) is 0 Å². The van der Waals surface area contributed by atoms with Gasteiger partial charge < -0.3 is 10.2 Å². The van der Waals surface area contributed by atoms with Crippen molar-refractivity contribution in [3.63, 3.8) is 0 Å². The summed E-state index contributed by atoms with van der Waals surface area (Å²) >= 11 is 3.14. The SMILES string of the molecule is CN(C)C(=O)c1cccc(NC(=O)c2ccc(Br)cc2F)c1. The standard InChI is InChI=1S/C16H14BrFN2O2/c1-20(2)16(22)10-4-3-5-12(8-10)19-15(21)13-7-6-11(17)9-14(13)18/h3-9H,1-2H3,(H,19,21). The molecule has 0 fully saturated rings. The maximum atomic E-state index is 13.8. The summed E-state index contributed by atoms with van der Waals surface area (Å²) < 4.78 is 14.3. The smallest absolute Gasteiger partial charge is 0.258 e. The largest absolute Gasteiger partial charge is 0.345 e. The number of hydrogen-bond acceptors (Lipinski definition) is 2. The summed E-state index contributed by atoms with van der Waals surface area (Å²) in [6.45, 7) is 0. The Morgan fingerprint density at radius 1 is 1.14 bits per heavy atom. The number of anilines is 1. The molecule has 1 N–H and O–H groups in total. The van der Waals surface area contributed by atoms with Crippen molar-refractivity contribution < 1.29 is 14.0 Å². The lowest BCUT2D eigenvalue weighted by atomic mass is 10.1. The van der Waals surface area contributed by atoms with Crippen LogP contribution >= 0.6 is 15.9 Å². The van der Waals surface area contributed by atoms with Crippen LogP contribution in [0.4, 0.5) is 10.1 Å². The molecule has 0 heterocycles. The number of hydrogen-bond donors (Lipinski definition) is 1. The lowest BCUT2D eigenvalue weighted by Gasteiger charge is -2.12. The second kappa shape index (κ2) is 6.70. The predicted octanol–water partition coefficient (Wildman–Crippen LogP) is 3.54. The zero-order valence-electron chi connectivity index (χ0n) is 12.1. The molecule has 6 heteroatoms. The number of nitrogens with one attached hydrogen (secondary N) is 1. The first-order chi connectivity index (χ1) is 10.4. The molecule has 0 aliphatic heterocycles. The average molecular weight is 365 g/mol. The van der Waals surface area contributed by atoms with Gasteiger partial charge in [0.05, 0.1) is 5.56 Å². The van der Waals surface area contributed by atoms with Crippen LogP contribution in [0.2, 0.25) is 0 Å². The third-order valence-corrected chi connectivity index (χ3v) is 3.44. The van der Waals surface area contributed by atoms with E-state index in [-0.39, 0.29) is 11.5 Å². The van der Waals surface area contributed by atoms with Crippen LogP contribution in [0.5, 0.6) is 0 Å². The minimum Gasteiger partial charge on any atom is -0.345 e. The lowest BCUT2D eigenvalue weighted by molar-refractivity contribution is 0.0827. The minimum absolute atomic E-state index is 0.0625. The van der Waals surface area contributed by atoms with Crippen molar-refractivity contribution in [2.75, 3.05) is 19.4 Å². The molecule has 0 spiro atoms. The van der Waals surface area contributed by atoms with Gasteiger partial charge in [0.1, 0.15) is 5.82 Å². The highest BCUT2D eigenvalue weighted by molar-refractivity contribution is 9.10. The number of benzene rings is 2. The van der Waals surface area contributed by atoms with Crippen LogP contribution in [0.25, 0.3) is 0 Å². The van der Waals surface area contributed by atoms with Gasteiger partial charge in [0.15, 0.2) is 0 Å². The second-order valence-electron chi connectivity index (χ2n) is 4.86. The van der Waals surface area contributed by atoms with Crippen molar-refractivity contribution >= 4 is 33.4 Å². The van der Waals surface area contributed by atoms with Crippen molar-refractivity contribution in [2.24, 2.45) is 0 Å². The maximum absolute atomic E-state index is 13.8. The molecule has 0 radical (unpaired) electrons. The Labute approximate surface area is 136 Å². The molecule has 0 bridgehead atoms. The fraction of sp³-hybridized carbons (Fsp3) is 0.125. The van der Waals surface area contributed by atoms with Gasteiger partial charge >= 0.3 is 0 Å². The van der Waals surface area contributed by atoms with Crippen molar-refractivity contribution in [1.29, 1.82) is 0 Å². The molecule has 114 valence electrons. The molecule has 0 saturated carbocycles. The Kier molecular flexibility index (Phi) is 4.92. The van der Waals surface area contributed by atoms with Crippen molar-refractivity contribution in [2.45, 2.75) is 0 Å². The molecule has 0 aromatic heterocycles. The summed E-state index contributed by atoms with van der Waals surface area (Å²) in [5, 5.41) is 2.59. The maximum Gasteiger partial charge on any atom is 0.258 e. The van der Waals surface area contributed by atoms with Gasteiger partial charge in [-0.15, -0.1) is 0 Å². The molecule has 0 aliphatic carbocycles. The highest BCUT2D eigenvalue weighted by Gasteiger charge is 2.13. The average Bonchev–Trinajstić information content (AvgIpc) is 2.46. The van der Waals surface area contributed by atoms with Gasteiger partial charge in [-0.1, -0.05) is 22.0 Å². The molecule has 22 heavy (non-hydrogen) atoms. The molecule has 4 nitrogen and oxygen atoms in total. The molecule has 0 atom stereocenters. The van der Waals surface area contributed by atoms with Crippen LogP contribution in [0.15, 0.2) is 46.9 Å². The predicted molar refractivity (Wildman–Crippen MR) is 86.5 cm³/mol. The fourth-order valence-corrected chi connectivity index (χ4v) is 2.19. The number of carbonyl (C=O) groups is 2. The highest BCUT2D eigenvalue weighted by atomic mass is 79.9. The normalized spacial score (nSPS) is 10.2. The Hall–Kier alpha value is -2.21. The molecule has 0 unspecified atom stereocenters. The number of halogens is 2. The first-order valence-electron chi connectivity index (χ1n) is 6.46. The van der Waals surface area contributed by atoms with E-state index in [0.29, 0.717) is 15.7 Å². The van der Waals surface area contributed by atoms with E-state index in [1.54, 1.807) is 44.4 Å². The van der Waals surface area contributed by atoms with E-state index >= 15 is 0 Å². The minimum atomic E-state index is -0.618. The molecule has 2 aromatic rings. The van der Waals surface area contributed by atoms with Gasteiger partial charge in [-0.3, -0.25) is 9.59 Å². The van der Waals surface area contributed by atoms with E-state index < -0.39 is 11.7 Å². The fourth-order valence-electron chi connectivity index (χ4n) is 1.86. The lowest BCUT2D eigenvalue weighted by Crippen LogP contribution is -2.22. The summed E-state index contributed by atoms with van der Waals surface area (Å²) in [6, 6.07) is 10.7. The van der Waals surface area contributed by atoms with Gasteiger partial charge in [0.2, 0.25) is 0 Å². The van der Waals surface area contributed by atoms with Crippen LogP contribution in [-0.4, -0.2) is 30.8 Å². The van der Waals surface area contributed by atoms with E-state index in [0.717, 1.165) is 0 Å². The summed E-state index contributed by atoms with van der Waals surface area (Å²) in [5.74, 6) is -1.36. The van der Waals surface area contributed by atoms with E-state index in [1.165, 1.54) is 17.0 Å². The third-order valence-electron chi connectivity index (χ3n) is 2.95. The van der Waals surface area contributed by atoms with Gasteiger partial charge in [-0.25, -0.2) is 4.39 Å². The van der Waals surface area contributed by atoms with E-state index in [1.807, 2.05) is 0 Å². The van der Waals surface area contributed by atoms with Crippen LogP contribution in [0.1, 0.15) is 20.7 Å². The summed E-state index contributed by atoms with van der Waals surface area (Å²) in [7, 11) is 3.29. The Balaban J connectivity index is 2.22. The molecular formula is C16H14BrFN2O2. The quantitative estimate of drug-likeness (QED) is 0.905. The molecule has 2 rings (SSSR count). The second-order valence-corrected chi connectivity index (χ2v) is 5.77. The van der Waals surface area contributed by atoms with Crippen LogP contribution in [0, 0.1) is 5.82 Å². The molecule has 2 aromatic carbocycles. The number of amides is 2. The number of nitrogens with zero attached hydrogens (tertiary/aromatic N) is 1. The van der Waals surface area contributed by atoms with Gasteiger partial charge in [0.25, 0.3) is 11.8 Å². The van der Waals surface area contributed by atoms with Gasteiger partial charge in [0, 0.05) is 29.8 Å². The molecular weight excluding hydrogens is 351 g/mol. The monoisotopic (exact) mass is 364 g/mol. The van der Waals surface area contributed by atoms with Gasteiger partial charge in [-0.05, 0) is 36.4 Å². The van der Waals surface area contributed by atoms with E-state index in [2.05, 4.69) is 21.2 Å². The molecule has 0 saturated heterocycles. The Morgan fingerprint density at radius 2 is 1.86 bits per heavy atom. The zero-order valence-corrected chi connectivity index (χ0v) is 13.6. The summed E-state index contributed by atoms with van der Waals surface area (Å²) in [6.07, 6.45) is 0. The zero-order chi connectivity index (χ0) is 16.3. The van der Waals surface area contributed by atoms with Crippen molar-refractivity contribution in [3.05, 3.63) is 63.9 Å². The highest BCUT2D eigenvalue weighted by Crippen LogP contribution is 2.18. The number of carbonyl (C=O) groups excluding carboxylic acids is 2. The van der Waals surface area contributed by atoms with Gasteiger partial charge in [-0.2, -0.15) is 0 Å². The third kappa shape index (κ3) is 3.71. The van der Waals surface area contributed by atoms with Crippen LogP contribution < -0.4 is 5.32 Å². The Bertz CT molecular complexity index is 732. The number of rotatable bonds is 3. The van der Waals surface area contributed by atoms with Crippen molar-refractivity contribution in [3.8, 4) is 0 Å². The summed E-state index contributed by atoms with van der Waals surface area (Å²) in [5.41, 5.74) is 0.812. The van der Waals surface area contributed by atoms with Crippen LogP contribution in [-0.2, 0) is 0 Å². The first-order valence-corrected chi connectivity index (χ1v) is 7.26. The Morgan fingerprint density at radius 3 is 2.50 bits per heavy atom. The molecule has 2 amide bonds. The van der Waals surface area contributed by atoms with Crippen LogP contribution in [0.3, 0.4) is 0 Å². The topological polar surface area (TPSA) is 49.4 Å². The summed E-state index contributed by atoms with van der Waals surface area (Å²) in [4.78, 5) is 25.4.